The molecule has 0 aliphatic carbocycles. The molecule has 3 N–H and O–H groups in total. The Labute approximate surface area is 105 Å². The van der Waals surface area contributed by atoms with E-state index in [0.29, 0.717) is 18.8 Å². The summed E-state index contributed by atoms with van der Waals surface area (Å²) in [7, 11) is -4.50. The van der Waals surface area contributed by atoms with Gasteiger partial charge in [0.25, 0.3) is 0 Å². The molecule has 0 saturated heterocycles. The zero-order valence-electron chi connectivity index (χ0n) is 9.77. The molecule has 0 bridgehead atoms. The lowest BCUT2D eigenvalue weighted by Gasteiger charge is -2.07. The monoisotopic (exact) mass is 278 g/mol. The van der Waals surface area contributed by atoms with Crippen molar-refractivity contribution in [3.63, 3.8) is 0 Å². The topological polar surface area (TPSA) is 72.2 Å². The number of rotatable bonds is 7. The van der Waals surface area contributed by atoms with Gasteiger partial charge in [0.2, 0.25) is 9.84 Å². The molecule has 0 aliphatic rings. The van der Waals surface area contributed by atoms with E-state index in [-0.39, 0.29) is 4.90 Å². The van der Waals surface area contributed by atoms with Gasteiger partial charge in [0.15, 0.2) is 0 Å². The number of alkyl halides is 2. The van der Waals surface area contributed by atoms with E-state index < -0.39 is 15.6 Å². The molecule has 0 saturated carbocycles. The number of nitrogens with one attached hydrogen (secondary N) is 1. The van der Waals surface area contributed by atoms with Gasteiger partial charge in [0.05, 0.1) is 4.90 Å². The highest BCUT2D eigenvalue weighted by atomic mass is 32.2. The molecule has 0 aliphatic heterocycles. The van der Waals surface area contributed by atoms with E-state index >= 15 is 0 Å². The molecule has 18 heavy (non-hydrogen) atoms. The van der Waals surface area contributed by atoms with Gasteiger partial charge < -0.3 is 11.1 Å². The smallest absolute Gasteiger partial charge is 0.341 e. The minimum absolute atomic E-state index is 0.370. The number of halogens is 2. The summed E-state index contributed by atoms with van der Waals surface area (Å²) in [5.74, 6) is -3.39. The molecular formula is C11H16F2N2O2S. The number of unbranched alkanes of at least 4 members (excludes halogenated alkanes) is 1. The van der Waals surface area contributed by atoms with Crippen LogP contribution in [0.4, 0.5) is 14.5 Å². The van der Waals surface area contributed by atoms with Crippen LogP contribution in [0.5, 0.6) is 0 Å². The van der Waals surface area contributed by atoms with Gasteiger partial charge in [0.1, 0.15) is 0 Å². The number of benzene rings is 1. The summed E-state index contributed by atoms with van der Waals surface area (Å²) in [6.45, 7) is 1.32. The maximum atomic E-state index is 12.3. The minimum atomic E-state index is -4.50. The maximum Gasteiger partial charge on any atom is 0.341 e. The molecule has 1 rings (SSSR count). The molecule has 0 aromatic heterocycles. The molecule has 1 aromatic rings. The van der Waals surface area contributed by atoms with Crippen LogP contribution in [0.15, 0.2) is 29.2 Å². The normalized spacial score (nSPS) is 11.8. The number of hydrogen-bond donors (Lipinski definition) is 2. The predicted molar refractivity (Wildman–Crippen MR) is 66.4 cm³/mol. The lowest BCUT2D eigenvalue weighted by Crippen LogP contribution is -2.11. The van der Waals surface area contributed by atoms with Crippen LogP contribution in [-0.2, 0) is 9.84 Å². The van der Waals surface area contributed by atoms with Crippen molar-refractivity contribution in [2.24, 2.45) is 5.73 Å². The van der Waals surface area contributed by atoms with Gasteiger partial charge in [-0.3, -0.25) is 0 Å². The third-order valence-corrected chi connectivity index (χ3v) is 3.78. The van der Waals surface area contributed by atoms with Crippen molar-refractivity contribution in [3.05, 3.63) is 24.3 Å². The van der Waals surface area contributed by atoms with Crippen LogP contribution >= 0.6 is 0 Å². The third kappa shape index (κ3) is 3.92. The molecule has 102 valence electrons. The fourth-order valence-electron chi connectivity index (χ4n) is 1.37. The van der Waals surface area contributed by atoms with Crippen molar-refractivity contribution in [2.75, 3.05) is 18.4 Å². The Balaban J connectivity index is 2.63. The molecule has 0 spiro atoms. The zero-order chi connectivity index (χ0) is 13.6. The highest BCUT2D eigenvalue weighted by Gasteiger charge is 2.26. The van der Waals surface area contributed by atoms with Gasteiger partial charge in [-0.25, -0.2) is 8.42 Å². The summed E-state index contributed by atoms with van der Waals surface area (Å²) in [5.41, 5.74) is 6.03. The predicted octanol–water partition coefficient (Wildman–Crippen LogP) is 1.83. The Morgan fingerprint density at radius 3 is 2.28 bits per heavy atom. The molecule has 0 fully saturated rings. The van der Waals surface area contributed by atoms with Gasteiger partial charge >= 0.3 is 5.76 Å². The van der Waals surface area contributed by atoms with Crippen molar-refractivity contribution >= 4 is 15.5 Å². The molecule has 0 unspecified atom stereocenters. The first-order chi connectivity index (χ1) is 8.48. The van der Waals surface area contributed by atoms with Gasteiger partial charge in [-0.15, -0.1) is 0 Å². The Bertz CT molecular complexity index is 460. The van der Waals surface area contributed by atoms with Crippen LogP contribution < -0.4 is 11.1 Å². The van der Waals surface area contributed by atoms with Crippen molar-refractivity contribution < 1.29 is 17.2 Å². The second-order valence-corrected chi connectivity index (χ2v) is 5.67. The van der Waals surface area contributed by atoms with Crippen LogP contribution in [0, 0.1) is 0 Å². The van der Waals surface area contributed by atoms with Crippen LogP contribution in [0.25, 0.3) is 0 Å². The van der Waals surface area contributed by atoms with Crippen molar-refractivity contribution in [3.8, 4) is 0 Å². The van der Waals surface area contributed by atoms with E-state index in [4.69, 9.17) is 5.73 Å². The summed E-state index contributed by atoms with van der Waals surface area (Å²) in [6, 6.07) is 5.29. The molecule has 0 atom stereocenters. The lowest BCUT2D eigenvalue weighted by atomic mass is 10.3. The minimum Gasteiger partial charge on any atom is -0.385 e. The van der Waals surface area contributed by atoms with Gasteiger partial charge in [0, 0.05) is 12.2 Å². The molecule has 0 heterocycles. The summed E-state index contributed by atoms with van der Waals surface area (Å²) in [6.07, 6.45) is 1.79. The van der Waals surface area contributed by atoms with E-state index in [1.165, 1.54) is 24.3 Å². The van der Waals surface area contributed by atoms with E-state index in [1.807, 2.05) is 0 Å². The first kappa shape index (κ1) is 14.8. The summed E-state index contributed by atoms with van der Waals surface area (Å²) in [5, 5.41) is 3.05. The first-order valence-corrected chi connectivity index (χ1v) is 7.09. The van der Waals surface area contributed by atoms with Crippen molar-refractivity contribution in [1.82, 2.24) is 0 Å². The molecule has 1 aromatic carbocycles. The Kier molecular flexibility index (Phi) is 5.49. The average Bonchev–Trinajstić information content (AvgIpc) is 2.35. The van der Waals surface area contributed by atoms with E-state index in [0.717, 1.165) is 12.8 Å². The Morgan fingerprint density at radius 1 is 1.17 bits per heavy atom. The summed E-state index contributed by atoms with van der Waals surface area (Å²) < 4.78 is 46.9. The average molecular weight is 278 g/mol. The second-order valence-electron chi connectivity index (χ2n) is 3.75. The molecule has 4 nitrogen and oxygen atoms in total. The highest BCUT2D eigenvalue weighted by molar-refractivity contribution is 7.91. The zero-order valence-corrected chi connectivity index (χ0v) is 10.6. The SMILES string of the molecule is NCCCCNc1ccc(S(=O)(=O)C(F)F)cc1. The number of sulfone groups is 1. The van der Waals surface area contributed by atoms with Crippen LogP contribution in [0.1, 0.15) is 12.8 Å². The maximum absolute atomic E-state index is 12.3. The molecule has 7 heteroatoms. The van der Waals surface area contributed by atoms with Crippen LogP contribution in [0.3, 0.4) is 0 Å². The van der Waals surface area contributed by atoms with Gasteiger partial charge in [-0.1, -0.05) is 0 Å². The van der Waals surface area contributed by atoms with E-state index in [1.54, 1.807) is 0 Å². The quantitative estimate of drug-likeness (QED) is 0.746. The largest absolute Gasteiger partial charge is 0.385 e. The summed E-state index contributed by atoms with van der Waals surface area (Å²) in [4.78, 5) is -0.370. The second kappa shape index (κ2) is 6.65. The van der Waals surface area contributed by atoms with Crippen molar-refractivity contribution in [1.29, 1.82) is 0 Å². The van der Waals surface area contributed by atoms with Gasteiger partial charge in [-0.2, -0.15) is 8.78 Å². The van der Waals surface area contributed by atoms with Crippen LogP contribution in [0.2, 0.25) is 0 Å². The number of nitrogens with two attached hydrogens (primary N) is 1. The van der Waals surface area contributed by atoms with Gasteiger partial charge in [-0.05, 0) is 43.7 Å². The first-order valence-electron chi connectivity index (χ1n) is 5.54. The van der Waals surface area contributed by atoms with Crippen LogP contribution in [-0.4, -0.2) is 27.3 Å². The lowest BCUT2D eigenvalue weighted by molar-refractivity contribution is 0.234. The molecule has 0 amide bonds. The fourth-order valence-corrected chi connectivity index (χ4v) is 2.09. The molecular weight excluding hydrogens is 262 g/mol. The number of hydrogen-bond acceptors (Lipinski definition) is 4. The third-order valence-electron chi connectivity index (χ3n) is 2.38. The highest BCUT2D eigenvalue weighted by Crippen LogP contribution is 2.20. The van der Waals surface area contributed by atoms with Crippen molar-refractivity contribution in [2.45, 2.75) is 23.5 Å². The number of anilines is 1. The Hall–Kier alpha value is -1.21. The molecule has 0 radical (unpaired) electrons. The van der Waals surface area contributed by atoms with E-state index in [2.05, 4.69) is 5.32 Å². The van der Waals surface area contributed by atoms with E-state index in [9.17, 15) is 17.2 Å². The fraction of sp³-hybridized carbons (Fsp3) is 0.455. The Morgan fingerprint density at radius 2 is 1.78 bits per heavy atom. The summed E-state index contributed by atoms with van der Waals surface area (Å²) >= 11 is 0. The standard InChI is InChI=1S/C11H16F2N2O2S/c12-11(13)18(16,17)10-5-3-9(4-6-10)15-8-2-1-7-14/h3-6,11,15H,1-2,7-8,14H2.